The van der Waals surface area contributed by atoms with Crippen LogP contribution in [-0.2, 0) is 15.7 Å². The normalized spacial score (nSPS) is 19.6. The molecule has 1 unspecified atom stereocenters. The minimum atomic E-state index is -4.50. The number of carbonyl (C=O) groups excluding carboxylic acids is 1. The van der Waals surface area contributed by atoms with Gasteiger partial charge in [0.05, 0.1) is 13.0 Å². The quantitative estimate of drug-likeness (QED) is 0.765. The van der Waals surface area contributed by atoms with E-state index < -0.39 is 11.9 Å². The van der Waals surface area contributed by atoms with Crippen molar-refractivity contribution in [3.8, 4) is 0 Å². The Labute approximate surface area is 107 Å². The number of esters is 1. The van der Waals surface area contributed by atoms with Gasteiger partial charge >= 0.3 is 12.1 Å². The number of ether oxygens (including phenoxy) is 1. The zero-order chi connectivity index (χ0) is 14.0. The molecule has 0 bridgehead atoms. The van der Waals surface area contributed by atoms with Crippen molar-refractivity contribution in [2.75, 3.05) is 25.1 Å². The number of methoxy groups -OCH3 is 1. The van der Waals surface area contributed by atoms with Crippen molar-refractivity contribution in [2.24, 2.45) is 5.92 Å². The van der Waals surface area contributed by atoms with Crippen LogP contribution in [0.3, 0.4) is 0 Å². The van der Waals surface area contributed by atoms with E-state index in [1.54, 1.807) is 4.90 Å². The van der Waals surface area contributed by atoms with Gasteiger partial charge in [0.25, 0.3) is 0 Å². The van der Waals surface area contributed by atoms with Crippen molar-refractivity contribution in [3.63, 3.8) is 0 Å². The number of aromatic nitrogens is 2. The second-order valence-corrected chi connectivity index (χ2v) is 4.19. The first kappa shape index (κ1) is 13.6. The Balaban J connectivity index is 2.14. The van der Waals surface area contributed by atoms with Crippen LogP contribution in [0.5, 0.6) is 0 Å². The highest BCUT2D eigenvalue weighted by atomic mass is 19.4. The lowest BCUT2D eigenvalue weighted by Crippen LogP contribution is -2.26. The molecule has 0 radical (unpaired) electrons. The van der Waals surface area contributed by atoms with Crippen molar-refractivity contribution >= 4 is 11.9 Å². The molecule has 5 nitrogen and oxygen atoms in total. The number of nitrogens with zero attached hydrogens (tertiary/aromatic N) is 3. The Hall–Kier alpha value is -1.86. The molecule has 0 saturated carbocycles. The Morgan fingerprint density at radius 3 is 2.89 bits per heavy atom. The molecule has 19 heavy (non-hydrogen) atoms. The van der Waals surface area contributed by atoms with E-state index in [4.69, 9.17) is 0 Å². The van der Waals surface area contributed by atoms with Crippen molar-refractivity contribution in [1.29, 1.82) is 0 Å². The number of carbonyl (C=O) groups is 1. The fraction of sp³-hybridized carbons (Fsp3) is 0.545. The van der Waals surface area contributed by atoms with E-state index >= 15 is 0 Å². The first-order valence-corrected chi connectivity index (χ1v) is 5.65. The van der Waals surface area contributed by atoms with Crippen LogP contribution in [0.4, 0.5) is 19.1 Å². The van der Waals surface area contributed by atoms with E-state index in [2.05, 4.69) is 14.7 Å². The molecule has 1 aliphatic heterocycles. The van der Waals surface area contributed by atoms with E-state index in [0.717, 1.165) is 12.3 Å². The molecule has 8 heteroatoms. The zero-order valence-electron chi connectivity index (χ0n) is 10.1. The summed E-state index contributed by atoms with van der Waals surface area (Å²) in [6, 6.07) is 0.817. The van der Waals surface area contributed by atoms with Crippen LogP contribution in [0.25, 0.3) is 0 Å². The van der Waals surface area contributed by atoms with E-state index in [-0.39, 0.29) is 24.4 Å². The van der Waals surface area contributed by atoms with Gasteiger partial charge in [-0.05, 0) is 12.5 Å². The van der Waals surface area contributed by atoms with Gasteiger partial charge in [0.15, 0.2) is 0 Å². The van der Waals surface area contributed by atoms with Crippen molar-refractivity contribution in [3.05, 3.63) is 18.0 Å². The van der Waals surface area contributed by atoms with Crippen LogP contribution in [0, 0.1) is 5.92 Å². The molecular weight excluding hydrogens is 263 g/mol. The summed E-state index contributed by atoms with van der Waals surface area (Å²) in [6.45, 7) is 0.703. The van der Waals surface area contributed by atoms with E-state index in [0.29, 0.717) is 13.0 Å². The topological polar surface area (TPSA) is 55.3 Å². The summed E-state index contributed by atoms with van der Waals surface area (Å²) in [5.74, 6) is -0.723. The average molecular weight is 275 g/mol. The highest BCUT2D eigenvalue weighted by Crippen LogP contribution is 2.29. The van der Waals surface area contributed by atoms with E-state index in [1.807, 2.05) is 0 Å². The second kappa shape index (κ2) is 5.02. The highest BCUT2D eigenvalue weighted by molar-refractivity contribution is 5.73. The smallest absolute Gasteiger partial charge is 0.433 e. The van der Waals surface area contributed by atoms with Gasteiger partial charge in [-0.3, -0.25) is 4.79 Å². The van der Waals surface area contributed by atoms with Crippen LogP contribution >= 0.6 is 0 Å². The first-order valence-electron chi connectivity index (χ1n) is 5.65. The molecule has 0 aromatic carbocycles. The highest BCUT2D eigenvalue weighted by Gasteiger charge is 2.35. The number of hydrogen-bond donors (Lipinski definition) is 0. The van der Waals surface area contributed by atoms with Crippen LogP contribution < -0.4 is 4.90 Å². The summed E-state index contributed by atoms with van der Waals surface area (Å²) in [7, 11) is 1.28. The number of hydrogen-bond acceptors (Lipinski definition) is 5. The summed E-state index contributed by atoms with van der Waals surface area (Å²) in [5.41, 5.74) is -0.987. The maximum Gasteiger partial charge on any atom is 0.433 e. The minimum absolute atomic E-state index is 0.0128. The third-order valence-electron chi connectivity index (χ3n) is 2.94. The predicted octanol–water partition coefficient (Wildman–Crippen LogP) is 1.49. The molecule has 104 valence electrons. The zero-order valence-corrected chi connectivity index (χ0v) is 10.1. The molecule has 0 amide bonds. The fourth-order valence-corrected chi connectivity index (χ4v) is 1.96. The number of halogens is 3. The average Bonchev–Trinajstić information content (AvgIpc) is 2.86. The molecule has 2 rings (SSSR count). The maximum atomic E-state index is 12.5. The lowest BCUT2D eigenvalue weighted by molar-refractivity contribution is -0.144. The minimum Gasteiger partial charge on any atom is -0.469 e. The standard InChI is InChI=1S/C11H12F3N3O2/c1-19-9(18)7-3-5-17(6-7)10-15-4-2-8(16-10)11(12,13)14/h2,4,7H,3,5-6H2,1H3. The molecule has 0 aliphatic carbocycles. The number of anilines is 1. The molecular formula is C11H12F3N3O2. The Morgan fingerprint density at radius 1 is 1.53 bits per heavy atom. The third-order valence-corrected chi connectivity index (χ3v) is 2.94. The maximum absolute atomic E-state index is 12.5. The lowest BCUT2D eigenvalue weighted by Gasteiger charge is -2.16. The summed E-state index contributed by atoms with van der Waals surface area (Å²) in [4.78, 5) is 20.2. The van der Waals surface area contributed by atoms with E-state index in [1.165, 1.54) is 7.11 Å². The van der Waals surface area contributed by atoms with Gasteiger partial charge in [0, 0.05) is 19.3 Å². The number of rotatable bonds is 2. The van der Waals surface area contributed by atoms with Gasteiger partial charge in [-0.1, -0.05) is 0 Å². The summed E-state index contributed by atoms with van der Waals surface area (Å²) in [6.07, 6.45) is -2.91. The second-order valence-electron chi connectivity index (χ2n) is 4.19. The Bertz CT molecular complexity index is 478. The first-order chi connectivity index (χ1) is 8.91. The van der Waals surface area contributed by atoms with Crippen LogP contribution in [0.15, 0.2) is 12.3 Å². The summed E-state index contributed by atoms with van der Waals surface area (Å²) in [5, 5.41) is 0. The van der Waals surface area contributed by atoms with Crippen molar-refractivity contribution in [1.82, 2.24) is 9.97 Å². The largest absolute Gasteiger partial charge is 0.469 e. The van der Waals surface area contributed by atoms with Gasteiger partial charge in [-0.15, -0.1) is 0 Å². The number of alkyl halides is 3. The van der Waals surface area contributed by atoms with Gasteiger partial charge in [-0.25, -0.2) is 9.97 Å². The fourth-order valence-electron chi connectivity index (χ4n) is 1.96. The molecule has 1 aliphatic rings. The molecule has 2 heterocycles. The molecule has 1 atom stereocenters. The summed E-state index contributed by atoms with van der Waals surface area (Å²) >= 11 is 0. The molecule has 1 fully saturated rings. The van der Waals surface area contributed by atoms with Gasteiger partial charge in [0.2, 0.25) is 5.95 Å². The molecule has 0 N–H and O–H groups in total. The SMILES string of the molecule is COC(=O)C1CCN(c2nccc(C(F)(F)F)n2)C1. The molecule has 1 saturated heterocycles. The van der Waals surface area contributed by atoms with Gasteiger partial charge < -0.3 is 9.64 Å². The van der Waals surface area contributed by atoms with Crippen LogP contribution in [-0.4, -0.2) is 36.1 Å². The summed E-state index contributed by atoms with van der Waals surface area (Å²) < 4.78 is 42.2. The van der Waals surface area contributed by atoms with Gasteiger partial charge in [0.1, 0.15) is 5.69 Å². The van der Waals surface area contributed by atoms with Crippen LogP contribution in [0.1, 0.15) is 12.1 Å². The lowest BCUT2D eigenvalue weighted by atomic mass is 10.1. The molecule has 1 aromatic rings. The Kier molecular flexibility index (Phi) is 3.59. The van der Waals surface area contributed by atoms with Gasteiger partial charge in [-0.2, -0.15) is 13.2 Å². The monoisotopic (exact) mass is 275 g/mol. The molecule has 0 spiro atoms. The third kappa shape index (κ3) is 2.94. The molecule has 1 aromatic heterocycles. The van der Waals surface area contributed by atoms with Crippen molar-refractivity contribution < 1.29 is 22.7 Å². The van der Waals surface area contributed by atoms with Crippen molar-refractivity contribution in [2.45, 2.75) is 12.6 Å². The Morgan fingerprint density at radius 2 is 2.26 bits per heavy atom. The van der Waals surface area contributed by atoms with E-state index in [9.17, 15) is 18.0 Å². The predicted molar refractivity (Wildman–Crippen MR) is 59.4 cm³/mol. The van der Waals surface area contributed by atoms with Crippen LogP contribution in [0.2, 0.25) is 0 Å².